The van der Waals surface area contributed by atoms with Crippen LogP contribution in [-0.2, 0) is 20.9 Å². The highest BCUT2D eigenvalue weighted by Crippen LogP contribution is 2.29. The second-order valence-electron chi connectivity index (χ2n) is 4.07. The van der Waals surface area contributed by atoms with E-state index < -0.39 is 0 Å². The van der Waals surface area contributed by atoms with Gasteiger partial charge in [0.1, 0.15) is 6.23 Å². The zero-order chi connectivity index (χ0) is 11.0. The van der Waals surface area contributed by atoms with Gasteiger partial charge in [0.15, 0.2) is 6.29 Å². The second-order valence-corrected chi connectivity index (χ2v) is 4.07. The van der Waals surface area contributed by atoms with E-state index in [9.17, 15) is 4.79 Å². The fraction of sp³-hybridized carbons (Fsp3) is 0.417. The summed E-state index contributed by atoms with van der Waals surface area (Å²) >= 11 is 0. The minimum atomic E-state index is -0.267. The lowest BCUT2D eigenvalue weighted by Crippen LogP contribution is -2.48. The van der Waals surface area contributed by atoms with Crippen LogP contribution in [0, 0.1) is 0 Å². The summed E-state index contributed by atoms with van der Waals surface area (Å²) < 4.78 is 11.1. The Morgan fingerprint density at radius 3 is 2.88 bits per heavy atom. The average Bonchev–Trinajstić information content (AvgIpc) is 2.65. The topological polar surface area (TPSA) is 38.8 Å². The average molecular weight is 219 g/mol. The summed E-state index contributed by atoms with van der Waals surface area (Å²) in [6.07, 6.45) is 0.204. The third-order valence-electron chi connectivity index (χ3n) is 2.95. The molecule has 4 nitrogen and oxygen atoms in total. The summed E-state index contributed by atoms with van der Waals surface area (Å²) in [6.45, 7) is 1.09. The van der Waals surface area contributed by atoms with E-state index in [-0.39, 0.29) is 18.4 Å². The van der Waals surface area contributed by atoms with Crippen molar-refractivity contribution in [1.29, 1.82) is 0 Å². The van der Waals surface area contributed by atoms with Crippen molar-refractivity contribution in [3.05, 3.63) is 35.9 Å². The molecule has 1 aromatic rings. The molecule has 0 aliphatic carbocycles. The van der Waals surface area contributed by atoms with E-state index >= 15 is 0 Å². The van der Waals surface area contributed by atoms with Crippen molar-refractivity contribution in [3.8, 4) is 0 Å². The van der Waals surface area contributed by atoms with Crippen molar-refractivity contribution in [3.63, 3.8) is 0 Å². The number of amides is 1. The van der Waals surface area contributed by atoms with Gasteiger partial charge in [-0.3, -0.25) is 4.79 Å². The molecule has 2 saturated heterocycles. The standard InChI is InChI=1S/C12H13NO3/c14-10-6-11-13(10)7-12(16-11)15-8-9-4-2-1-3-5-9/h1-5,11-12H,6-8H2/t11-,12-/m1/s1. The number of carbonyl (C=O) groups excluding carboxylic acids is 1. The monoisotopic (exact) mass is 219 g/mol. The second kappa shape index (κ2) is 3.88. The predicted octanol–water partition coefficient (Wildman–Crippen LogP) is 1.12. The third-order valence-corrected chi connectivity index (χ3v) is 2.95. The molecule has 2 heterocycles. The van der Waals surface area contributed by atoms with Crippen molar-refractivity contribution < 1.29 is 14.3 Å². The Morgan fingerprint density at radius 1 is 1.38 bits per heavy atom. The molecule has 0 saturated carbocycles. The molecule has 84 valence electrons. The molecule has 1 aromatic carbocycles. The van der Waals surface area contributed by atoms with Crippen LogP contribution in [0.2, 0.25) is 0 Å². The molecule has 1 amide bonds. The Kier molecular flexibility index (Phi) is 2.38. The SMILES string of the molecule is O=C1C[C@H]2O[C@@H](OCc3ccccc3)CN12. The normalized spacial score (nSPS) is 27.8. The molecule has 4 heteroatoms. The van der Waals surface area contributed by atoms with Crippen molar-refractivity contribution in [2.75, 3.05) is 6.54 Å². The van der Waals surface area contributed by atoms with Crippen molar-refractivity contribution >= 4 is 5.91 Å². The smallest absolute Gasteiger partial charge is 0.229 e. The highest BCUT2D eigenvalue weighted by Gasteiger charge is 2.45. The molecule has 2 fully saturated rings. The van der Waals surface area contributed by atoms with Crippen LogP contribution >= 0.6 is 0 Å². The molecule has 3 rings (SSSR count). The first kappa shape index (κ1) is 9.81. The molecule has 0 spiro atoms. The Morgan fingerprint density at radius 2 is 2.19 bits per heavy atom. The first-order chi connectivity index (χ1) is 7.83. The molecule has 0 unspecified atom stereocenters. The number of carbonyl (C=O) groups is 1. The number of hydrogen-bond acceptors (Lipinski definition) is 3. The molecule has 0 aromatic heterocycles. The highest BCUT2D eigenvalue weighted by molar-refractivity contribution is 5.82. The van der Waals surface area contributed by atoms with E-state index in [0.717, 1.165) is 5.56 Å². The number of ether oxygens (including phenoxy) is 2. The Bertz CT molecular complexity index is 393. The van der Waals surface area contributed by atoms with Crippen LogP contribution < -0.4 is 0 Å². The molecular weight excluding hydrogens is 206 g/mol. The van der Waals surface area contributed by atoms with Gasteiger partial charge in [-0.05, 0) is 5.56 Å². The van der Waals surface area contributed by atoms with Gasteiger partial charge < -0.3 is 14.4 Å². The van der Waals surface area contributed by atoms with Crippen LogP contribution in [0.25, 0.3) is 0 Å². The van der Waals surface area contributed by atoms with E-state index in [4.69, 9.17) is 9.47 Å². The van der Waals surface area contributed by atoms with Crippen LogP contribution in [0.15, 0.2) is 30.3 Å². The number of nitrogens with zero attached hydrogens (tertiary/aromatic N) is 1. The Balaban J connectivity index is 1.52. The summed E-state index contributed by atoms with van der Waals surface area (Å²) in [5, 5.41) is 0. The van der Waals surface area contributed by atoms with Gasteiger partial charge in [-0.25, -0.2) is 0 Å². The molecule has 2 aliphatic heterocycles. The Labute approximate surface area is 93.8 Å². The fourth-order valence-corrected chi connectivity index (χ4v) is 2.00. The van der Waals surface area contributed by atoms with E-state index in [1.54, 1.807) is 4.90 Å². The number of fused-ring (bicyclic) bond motifs is 1. The molecule has 16 heavy (non-hydrogen) atoms. The van der Waals surface area contributed by atoms with Crippen LogP contribution in [-0.4, -0.2) is 29.9 Å². The van der Waals surface area contributed by atoms with Crippen LogP contribution in [0.1, 0.15) is 12.0 Å². The lowest BCUT2D eigenvalue weighted by atomic mass is 10.2. The largest absolute Gasteiger partial charge is 0.346 e. The molecule has 0 bridgehead atoms. The molecule has 0 radical (unpaired) electrons. The summed E-state index contributed by atoms with van der Waals surface area (Å²) in [4.78, 5) is 12.8. The minimum absolute atomic E-state index is 0.0340. The Hall–Kier alpha value is -1.39. The first-order valence-corrected chi connectivity index (χ1v) is 5.43. The maximum Gasteiger partial charge on any atom is 0.229 e. The zero-order valence-electron chi connectivity index (χ0n) is 8.83. The first-order valence-electron chi connectivity index (χ1n) is 5.43. The number of rotatable bonds is 3. The van der Waals surface area contributed by atoms with Crippen molar-refractivity contribution in [2.24, 2.45) is 0 Å². The molecule has 0 N–H and O–H groups in total. The van der Waals surface area contributed by atoms with Gasteiger partial charge in [0.05, 0.1) is 19.6 Å². The van der Waals surface area contributed by atoms with Gasteiger partial charge in [-0.2, -0.15) is 0 Å². The van der Waals surface area contributed by atoms with Crippen LogP contribution in [0.5, 0.6) is 0 Å². The number of β-lactam (4-membered cyclic amide) rings is 1. The van der Waals surface area contributed by atoms with E-state index in [1.165, 1.54) is 0 Å². The third kappa shape index (κ3) is 1.70. The van der Waals surface area contributed by atoms with Crippen molar-refractivity contribution in [2.45, 2.75) is 25.5 Å². The lowest BCUT2D eigenvalue weighted by Gasteiger charge is -2.31. The molecule has 2 atom stereocenters. The summed E-state index contributed by atoms with van der Waals surface area (Å²) in [5.41, 5.74) is 1.12. The summed E-state index contributed by atoms with van der Waals surface area (Å²) in [5.74, 6) is 0.163. The van der Waals surface area contributed by atoms with Gasteiger partial charge in [-0.15, -0.1) is 0 Å². The van der Waals surface area contributed by atoms with Gasteiger partial charge >= 0.3 is 0 Å². The maximum absolute atomic E-state index is 11.1. The van der Waals surface area contributed by atoms with Gasteiger partial charge in [-0.1, -0.05) is 30.3 Å². The van der Waals surface area contributed by atoms with Crippen LogP contribution in [0.4, 0.5) is 0 Å². The summed E-state index contributed by atoms with van der Waals surface area (Å²) in [6, 6.07) is 9.94. The van der Waals surface area contributed by atoms with Gasteiger partial charge in [0.25, 0.3) is 0 Å². The van der Waals surface area contributed by atoms with Gasteiger partial charge in [0.2, 0.25) is 5.91 Å². The van der Waals surface area contributed by atoms with E-state index in [2.05, 4.69) is 0 Å². The number of hydrogen-bond donors (Lipinski definition) is 0. The van der Waals surface area contributed by atoms with Gasteiger partial charge in [0, 0.05) is 0 Å². The van der Waals surface area contributed by atoms with Crippen LogP contribution in [0.3, 0.4) is 0 Å². The highest BCUT2D eigenvalue weighted by atomic mass is 16.7. The molecule has 2 aliphatic rings. The predicted molar refractivity (Wildman–Crippen MR) is 56.2 cm³/mol. The summed E-state index contributed by atoms with van der Waals surface area (Å²) in [7, 11) is 0. The lowest BCUT2D eigenvalue weighted by molar-refractivity contribution is -0.171. The number of benzene rings is 1. The molecular formula is C12H13NO3. The fourth-order valence-electron chi connectivity index (χ4n) is 2.00. The van der Waals surface area contributed by atoms with E-state index in [1.807, 2.05) is 30.3 Å². The quantitative estimate of drug-likeness (QED) is 0.715. The zero-order valence-corrected chi connectivity index (χ0v) is 8.83. The minimum Gasteiger partial charge on any atom is -0.346 e. The maximum atomic E-state index is 11.1. The van der Waals surface area contributed by atoms with E-state index in [0.29, 0.717) is 19.6 Å². The van der Waals surface area contributed by atoms with Crippen molar-refractivity contribution in [1.82, 2.24) is 4.90 Å².